The van der Waals surface area contributed by atoms with Gasteiger partial charge in [-0.15, -0.1) is 23.1 Å². The lowest BCUT2D eigenvalue weighted by Gasteiger charge is -2.09. The summed E-state index contributed by atoms with van der Waals surface area (Å²) in [6.45, 7) is 3.53. The van der Waals surface area contributed by atoms with Gasteiger partial charge in [-0.1, -0.05) is 19.1 Å². The number of benzene rings is 2. The van der Waals surface area contributed by atoms with E-state index >= 15 is 0 Å². The van der Waals surface area contributed by atoms with Gasteiger partial charge in [0.2, 0.25) is 0 Å². The molecule has 170 valence electrons. The second-order valence-corrected chi connectivity index (χ2v) is 9.28. The molecule has 0 unspecified atom stereocenters. The highest BCUT2D eigenvalue weighted by Gasteiger charge is 2.30. The van der Waals surface area contributed by atoms with Crippen LogP contribution in [0.4, 0.5) is 13.2 Å². The van der Waals surface area contributed by atoms with Crippen LogP contribution in [0.1, 0.15) is 28.6 Å². The van der Waals surface area contributed by atoms with Gasteiger partial charge in [-0.3, -0.25) is 0 Å². The van der Waals surface area contributed by atoms with E-state index in [1.165, 1.54) is 23.5 Å². The number of rotatable bonds is 9. The monoisotopic (exact) mass is 481 g/mol. The van der Waals surface area contributed by atoms with Crippen molar-refractivity contribution in [1.82, 2.24) is 4.98 Å². The van der Waals surface area contributed by atoms with Crippen molar-refractivity contribution in [2.45, 2.75) is 37.8 Å². The number of thiazole rings is 1. The standard InChI is InChI=1S/C23H22F3NO3S2/c1-3-20-18(27-22(32-20)15-4-6-16(7-5-15)23(24,25)26)10-11-31-17-8-9-19(14(2)12-17)30-13-21(28)29/h4-9,12H,3,10-11,13H2,1-2H3,(H,28,29). The van der Waals surface area contributed by atoms with E-state index in [1.54, 1.807) is 17.8 Å². The number of halogens is 3. The first-order chi connectivity index (χ1) is 15.2. The molecule has 0 amide bonds. The highest BCUT2D eigenvalue weighted by atomic mass is 32.2. The number of thioether (sulfide) groups is 1. The molecule has 0 fully saturated rings. The Bertz CT molecular complexity index is 1080. The number of carboxylic acid groups (broad SMARTS) is 1. The first-order valence-corrected chi connectivity index (χ1v) is 11.7. The molecule has 0 radical (unpaired) electrons. The summed E-state index contributed by atoms with van der Waals surface area (Å²) in [7, 11) is 0. The van der Waals surface area contributed by atoms with Crippen molar-refractivity contribution in [3.8, 4) is 16.3 Å². The van der Waals surface area contributed by atoms with Gasteiger partial charge in [-0.05, 0) is 49.2 Å². The molecule has 0 aliphatic heterocycles. The molecule has 0 aliphatic rings. The van der Waals surface area contributed by atoms with Crippen molar-refractivity contribution in [1.29, 1.82) is 0 Å². The predicted octanol–water partition coefficient (Wildman–Crippen LogP) is 6.50. The van der Waals surface area contributed by atoms with Crippen molar-refractivity contribution in [3.05, 3.63) is 64.2 Å². The maximum atomic E-state index is 12.8. The zero-order valence-electron chi connectivity index (χ0n) is 17.5. The van der Waals surface area contributed by atoms with Crippen LogP contribution in [0.3, 0.4) is 0 Å². The summed E-state index contributed by atoms with van der Waals surface area (Å²) < 4.78 is 43.6. The molecule has 1 aromatic heterocycles. The van der Waals surface area contributed by atoms with Crippen molar-refractivity contribution in [3.63, 3.8) is 0 Å². The van der Waals surface area contributed by atoms with Crippen LogP contribution in [0.5, 0.6) is 5.75 Å². The number of aliphatic carboxylic acids is 1. The molecule has 3 aromatic rings. The molecule has 1 heterocycles. The number of hydrogen-bond acceptors (Lipinski definition) is 5. The highest BCUT2D eigenvalue weighted by molar-refractivity contribution is 7.99. The number of aryl methyl sites for hydroxylation is 3. The molecule has 0 bridgehead atoms. The molecule has 0 aliphatic carbocycles. The molecule has 1 N–H and O–H groups in total. The van der Waals surface area contributed by atoms with E-state index in [1.807, 2.05) is 26.0 Å². The first kappa shape index (κ1) is 24.1. The summed E-state index contributed by atoms with van der Waals surface area (Å²) in [6, 6.07) is 10.7. The van der Waals surface area contributed by atoms with Gasteiger partial charge in [-0.2, -0.15) is 13.2 Å². The maximum absolute atomic E-state index is 12.8. The number of alkyl halides is 3. The summed E-state index contributed by atoms with van der Waals surface area (Å²) in [4.78, 5) is 17.5. The van der Waals surface area contributed by atoms with E-state index in [2.05, 4.69) is 0 Å². The Morgan fingerprint density at radius 3 is 2.50 bits per heavy atom. The molecule has 3 rings (SSSR count). The maximum Gasteiger partial charge on any atom is 0.416 e. The Hall–Kier alpha value is -2.52. The van der Waals surface area contributed by atoms with Crippen molar-refractivity contribution in [2.24, 2.45) is 0 Å². The van der Waals surface area contributed by atoms with E-state index in [-0.39, 0.29) is 6.61 Å². The van der Waals surface area contributed by atoms with E-state index in [0.29, 0.717) is 11.3 Å². The van der Waals surface area contributed by atoms with Gasteiger partial charge in [0.1, 0.15) is 10.8 Å². The van der Waals surface area contributed by atoms with Gasteiger partial charge in [0.25, 0.3) is 0 Å². The third kappa shape index (κ3) is 6.26. The van der Waals surface area contributed by atoms with Crippen molar-refractivity contribution in [2.75, 3.05) is 12.4 Å². The van der Waals surface area contributed by atoms with Crippen LogP contribution >= 0.6 is 23.1 Å². The lowest BCUT2D eigenvalue weighted by Crippen LogP contribution is -2.10. The fourth-order valence-electron chi connectivity index (χ4n) is 3.06. The lowest BCUT2D eigenvalue weighted by molar-refractivity contribution is -0.139. The molecule has 2 aromatic carbocycles. The summed E-state index contributed by atoms with van der Waals surface area (Å²) in [5.41, 5.74) is 1.85. The number of nitrogens with zero attached hydrogens (tertiary/aromatic N) is 1. The minimum atomic E-state index is -4.35. The minimum absolute atomic E-state index is 0.377. The van der Waals surface area contributed by atoms with Gasteiger partial charge in [0.05, 0.1) is 11.3 Å². The van der Waals surface area contributed by atoms with Crippen LogP contribution < -0.4 is 4.74 Å². The van der Waals surface area contributed by atoms with E-state index in [0.717, 1.165) is 56.8 Å². The van der Waals surface area contributed by atoms with Crippen LogP contribution in [0.15, 0.2) is 47.4 Å². The van der Waals surface area contributed by atoms with Crippen LogP contribution in [-0.4, -0.2) is 28.4 Å². The van der Waals surface area contributed by atoms with Crippen LogP contribution in [0.25, 0.3) is 10.6 Å². The average molecular weight is 482 g/mol. The SMILES string of the molecule is CCc1sc(-c2ccc(C(F)(F)F)cc2)nc1CCSc1ccc(OCC(=O)O)c(C)c1. The van der Waals surface area contributed by atoms with Gasteiger partial charge < -0.3 is 9.84 Å². The molecule has 0 atom stereocenters. The molecule has 4 nitrogen and oxygen atoms in total. The molecule has 0 saturated carbocycles. The normalized spacial score (nSPS) is 11.5. The second-order valence-electron chi connectivity index (χ2n) is 7.03. The van der Waals surface area contributed by atoms with Crippen molar-refractivity contribution >= 4 is 29.1 Å². The number of hydrogen-bond donors (Lipinski definition) is 1. The average Bonchev–Trinajstić information content (AvgIpc) is 3.16. The zero-order chi connectivity index (χ0) is 23.3. The fraction of sp³-hybridized carbons (Fsp3) is 0.304. The topological polar surface area (TPSA) is 59.4 Å². The largest absolute Gasteiger partial charge is 0.482 e. The molecule has 0 spiro atoms. The van der Waals surface area contributed by atoms with E-state index in [4.69, 9.17) is 14.8 Å². The predicted molar refractivity (Wildman–Crippen MR) is 121 cm³/mol. The molecule has 9 heteroatoms. The smallest absolute Gasteiger partial charge is 0.416 e. The highest BCUT2D eigenvalue weighted by Crippen LogP contribution is 2.34. The van der Waals surface area contributed by atoms with Crippen LogP contribution in [0.2, 0.25) is 0 Å². The number of carbonyl (C=O) groups is 1. The lowest BCUT2D eigenvalue weighted by atomic mass is 10.1. The number of carboxylic acids is 1. The molecule has 0 saturated heterocycles. The van der Waals surface area contributed by atoms with Gasteiger partial charge in [-0.25, -0.2) is 9.78 Å². The summed E-state index contributed by atoms with van der Waals surface area (Å²) in [5, 5.41) is 9.45. The quantitative estimate of drug-likeness (QED) is 0.354. The molecular formula is C23H22F3NO3S2. The Morgan fingerprint density at radius 1 is 1.19 bits per heavy atom. The van der Waals surface area contributed by atoms with Gasteiger partial charge in [0.15, 0.2) is 6.61 Å². The van der Waals surface area contributed by atoms with Gasteiger partial charge >= 0.3 is 12.1 Å². The third-order valence-corrected chi connectivity index (χ3v) is 6.95. The Morgan fingerprint density at radius 2 is 1.91 bits per heavy atom. The third-order valence-electron chi connectivity index (χ3n) is 4.66. The number of ether oxygens (including phenoxy) is 1. The van der Waals surface area contributed by atoms with Crippen LogP contribution in [0, 0.1) is 6.92 Å². The fourth-order valence-corrected chi connectivity index (χ4v) is 5.07. The number of aromatic nitrogens is 1. The summed E-state index contributed by atoms with van der Waals surface area (Å²) in [6.07, 6.45) is -2.80. The second kappa shape index (κ2) is 10.4. The summed E-state index contributed by atoms with van der Waals surface area (Å²) >= 11 is 3.18. The van der Waals surface area contributed by atoms with E-state index < -0.39 is 17.7 Å². The Kier molecular flexibility index (Phi) is 7.84. The molecule has 32 heavy (non-hydrogen) atoms. The van der Waals surface area contributed by atoms with Crippen molar-refractivity contribution < 1.29 is 27.8 Å². The summed E-state index contributed by atoms with van der Waals surface area (Å²) in [5.74, 6) is 0.317. The Balaban J connectivity index is 1.64. The zero-order valence-corrected chi connectivity index (χ0v) is 19.2. The van der Waals surface area contributed by atoms with E-state index in [9.17, 15) is 18.0 Å². The van der Waals surface area contributed by atoms with Gasteiger partial charge in [0, 0.05) is 27.5 Å². The first-order valence-electron chi connectivity index (χ1n) is 9.91. The van der Waals surface area contributed by atoms with Crippen LogP contribution in [-0.2, 0) is 23.8 Å². The molecular weight excluding hydrogens is 459 g/mol. The minimum Gasteiger partial charge on any atom is -0.482 e. The Labute approximate surface area is 192 Å².